The van der Waals surface area contributed by atoms with Crippen molar-refractivity contribution in [1.29, 1.82) is 0 Å². The van der Waals surface area contributed by atoms with Gasteiger partial charge in [-0.05, 0) is 24.1 Å². The third kappa shape index (κ3) is 2.85. The van der Waals surface area contributed by atoms with Gasteiger partial charge < -0.3 is 4.90 Å². The minimum Gasteiger partial charge on any atom is -0.303 e. The van der Waals surface area contributed by atoms with Gasteiger partial charge in [-0.3, -0.25) is 4.79 Å². The Morgan fingerprint density at radius 2 is 1.95 bits per heavy atom. The smallest absolute Gasteiger partial charge is 0.303 e. The van der Waals surface area contributed by atoms with Gasteiger partial charge in [-0.2, -0.15) is 13.2 Å². The quantitative estimate of drug-likeness (QED) is 0.738. The van der Waals surface area contributed by atoms with Crippen molar-refractivity contribution in [3.05, 3.63) is 27.7 Å². The van der Waals surface area contributed by atoms with Gasteiger partial charge in [0.15, 0.2) is 0 Å². The lowest BCUT2D eigenvalue weighted by molar-refractivity contribution is -0.133. The molecule has 2 rings (SSSR count). The van der Waals surface area contributed by atoms with E-state index in [1.165, 1.54) is 0 Å². The molecule has 0 atom stereocenters. The van der Waals surface area contributed by atoms with Crippen molar-refractivity contribution in [1.82, 2.24) is 0 Å². The molecule has 1 aromatic rings. The molecule has 0 saturated carbocycles. The van der Waals surface area contributed by atoms with E-state index in [0.717, 1.165) is 16.0 Å². The van der Waals surface area contributed by atoms with E-state index in [1.807, 2.05) is 26.8 Å². The van der Waals surface area contributed by atoms with E-state index >= 15 is 0 Å². The largest absolute Gasteiger partial charge is 0.406 e. The SMILES string of the molecule is Cc1cc2c(cc1Br)N(CC(F)(F)F)C(=O)CC2(C)C. The summed E-state index contributed by atoms with van der Waals surface area (Å²) in [6.07, 6.45) is -4.33. The number of rotatable bonds is 1. The van der Waals surface area contributed by atoms with Crippen molar-refractivity contribution in [2.75, 3.05) is 11.4 Å². The summed E-state index contributed by atoms with van der Waals surface area (Å²) in [6.45, 7) is 4.39. The molecule has 0 N–H and O–H groups in total. The van der Waals surface area contributed by atoms with Crippen LogP contribution in [0, 0.1) is 6.92 Å². The fourth-order valence-corrected chi connectivity index (χ4v) is 2.82. The van der Waals surface area contributed by atoms with Crippen molar-refractivity contribution in [2.45, 2.75) is 38.8 Å². The molecule has 6 heteroatoms. The number of alkyl halides is 3. The molecule has 0 aromatic heterocycles. The van der Waals surface area contributed by atoms with E-state index in [0.29, 0.717) is 10.2 Å². The molecule has 0 aliphatic carbocycles. The standard InChI is InChI=1S/C14H15BrF3NO/c1-8-4-9-11(5-10(8)15)19(7-14(16,17)18)12(20)6-13(9,2)3/h4-5H,6-7H2,1-3H3. The average molecular weight is 350 g/mol. The maximum Gasteiger partial charge on any atom is 0.406 e. The summed E-state index contributed by atoms with van der Waals surface area (Å²) in [5, 5.41) is 0. The Morgan fingerprint density at radius 1 is 1.35 bits per heavy atom. The van der Waals surface area contributed by atoms with Crippen LogP contribution in [0.15, 0.2) is 16.6 Å². The lowest BCUT2D eigenvalue weighted by Gasteiger charge is -2.39. The average Bonchev–Trinajstić information content (AvgIpc) is 2.25. The Kier molecular flexibility index (Phi) is 3.65. The molecule has 1 aliphatic heterocycles. The fourth-order valence-electron chi connectivity index (χ4n) is 2.49. The molecule has 0 radical (unpaired) electrons. The zero-order chi connectivity index (χ0) is 15.3. The maximum atomic E-state index is 12.7. The van der Waals surface area contributed by atoms with Gasteiger partial charge in [0.2, 0.25) is 5.91 Å². The monoisotopic (exact) mass is 349 g/mol. The minimum absolute atomic E-state index is 0.0805. The molecule has 0 saturated heterocycles. The molecule has 20 heavy (non-hydrogen) atoms. The summed E-state index contributed by atoms with van der Waals surface area (Å²) in [5.41, 5.74) is 1.61. The third-order valence-electron chi connectivity index (χ3n) is 3.53. The van der Waals surface area contributed by atoms with Crippen LogP contribution in [0.2, 0.25) is 0 Å². The Morgan fingerprint density at radius 3 is 2.50 bits per heavy atom. The molecule has 1 aliphatic rings. The number of amides is 1. The minimum atomic E-state index is -4.41. The molecular weight excluding hydrogens is 335 g/mol. The summed E-state index contributed by atoms with van der Waals surface area (Å²) in [6, 6.07) is 3.46. The second-order valence-electron chi connectivity index (χ2n) is 5.77. The zero-order valence-electron chi connectivity index (χ0n) is 11.4. The van der Waals surface area contributed by atoms with Crippen LogP contribution >= 0.6 is 15.9 Å². The molecular formula is C14H15BrF3NO. The highest BCUT2D eigenvalue weighted by atomic mass is 79.9. The van der Waals surface area contributed by atoms with E-state index in [2.05, 4.69) is 15.9 Å². The first-order valence-corrected chi connectivity index (χ1v) is 6.98. The summed E-state index contributed by atoms with van der Waals surface area (Å²) in [7, 11) is 0. The predicted octanol–water partition coefficient (Wildman–Crippen LogP) is 4.33. The number of nitrogens with zero attached hydrogens (tertiary/aromatic N) is 1. The highest BCUT2D eigenvalue weighted by molar-refractivity contribution is 9.10. The van der Waals surface area contributed by atoms with E-state index < -0.39 is 24.0 Å². The van der Waals surface area contributed by atoms with E-state index in [4.69, 9.17) is 0 Å². The van der Waals surface area contributed by atoms with Crippen LogP contribution in [0.1, 0.15) is 31.4 Å². The fraction of sp³-hybridized carbons (Fsp3) is 0.500. The number of hydrogen-bond acceptors (Lipinski definition) is 1. The Balaban J connectivity index is 2.58. The molecule has 2 nitrogen and oxygen atoms in total. The molecule has 1 heterocycles. The van der Waals surface area contributed by atoms with Crippen LogP contribution in [0.25, 0.3) is 0 Å². The van der Waals surface area contributed by atoms with E-state index in [1.54, 1.807) is 6.07 Å². The normalized spacial score (nSPS) is 18.1. The van der Waals surface area contributed by atoms with Crippen molar-refractivity contribution in [3.63, 3.8) is 0 Å². The number of aryl methyl sites for hydroxylation is 1. The number of halogens is 4. The van der Waals surface area contributed by atoms with Gasteiger partial charge in [-0.15, -0.1) is 0 Å². The van der Waals surface area contributed by atoms with Gasteiger partial charge in [-0.1, -0.05) is 35.8 Å². The van der Waals surface area contributed by atoms with Crippen LogP contribution in [0.5, 0.6) is 0 Å². The molecule has 0 unspecified atom stereocenters. The number of hydrogen-bond donors (Lipinski definition) is 0. The first-order chi connectivity index (χ1) is 9.01. The number of anilines is 1. The van der Waals surface area contributed by atoms with Crippen LogP contribution < -0.4 is 4.90 Å². The maximum absolute atomic E-state index is 12.7. The second kappa shape index (κ2) is 4.76. The molecule has 1 aromatic carbocycles. The first kappa shape index (κ1) is 15.4. The predicted molar refractivity (Wildman–Crippen MR) is 74.9 cm³/mol. The van der Waals surface area contributed by atoms with Gasteiger partial charge in [0.25, 0.3) is 0 Å². The molecule has 110 valence electrons. The van der Waals surface area contributed by atoms with E-state index in [-0.39, 0.29) is 6.42 Å². The van der Waals surface area contributed by atoms with Crippen LogP contribution in [0.4, 0.5) is 18.9 Å². The molecule has 0 fully saturated rings. The lowest BCUT2D eigenvalue weighted by atomic mass is 9.76. The van der Waals surface area contributed by atoms with Crippen molar-refractivity contribution in [3.8, 4) is 0 Å². The Labute approximate surface area is 124 Å². The Bertz CT molecular complexity index is 566. The van der Waals surface area contributed by atoms with Gasteiger partial charge in [0.05, 0.1) is 0 Å². The number of carbonyl (C=O) groups excluding carboxylic acids is 1. The van der Waals surface area contributed by atoms with Gasteiger partial charge in [0.1, 0.15) is 6.54 Å². The second-order valence-corrected chi connectivity index (χ2v) is 6.63. The summed E-state index contributed by atoms with van der Waals surface area (Å²) in [5.74, 6) is -0.490. The lowest BCUT2D eigenvalue weighted by Crippen LogP contribution is -2.46. The highest BCUT2D eigenvalue weighted by Crippen LogP contribution is 2.43. The van der Waals surface area contributed by atoms with Gasteiger partial charge in [-0.25, -0.2) is 0 Å². The molecule has 0 bridgehead atoms. The topological polar surface area (TPSA) is 20.3 Å². The number of benzene rings is 1. The Hall–Kier alpha value is -1.04. The number of carbonyl (C=O) groups is 1. The van der Waals surface area contributed by atoms with Crippen LogP contribution in [0.3, 0.4) is 0 Å². The van der Waals surface area contributed by atoms with Crippen LogP contribution in [-0.4, -0.2) is 18.6 Å². The first-order valence-electron chi connectivity index (χ1n) is 6.19. The van der Waals surface area contributed by atoms with Crippen molar-refractivity contribution >= 4 is 27.5 Å². The highest BCUT2D eigenvalue weighted by Gasteiger charge is 2.41. The molecule has 1 amide bonds. The summed E-state index contributed by atoms with van der Waals surface area (Å²) in [4.78, 5) is 12.9. The van der Waals surface area contributed by atoms with Gasteiger partial charge >= 0.3 is 6.18 Å². The van der Waals surface area contributed by atoms with Crippen molar-refractivity contribution < 1.29 is 18.0 Å². The number of fused-ring (bicyclic) bond motifs is 1. The zero-order valence-corrected chi connectivity index (χ0v) is 13.0. The third-order valence-corrected chi connectivity index (χ3v) is 4.38. The van der Waals surface area contributed by atoms with Crippen molar-refractivity contribution in [2.24, 2.45) is 0 Å². The summed E-state index contributed by atoms with van der Waals surface area (Å²) < 4.78 is 38.7. The summed E-state index contributed by atoms with van der Waals surface area (Å²) >= 11 is 3.32. The van der Waals surface area contributed by atoms with E-state index in [9.17, 15) is 18.0 Å². The van der Waals surface area contributed by atoms with Crippen LogP contribution in [-0.2, 0) is 10.2 Å². The molecule has 0 spiro atoms. The van der Waals surface area contributed by atoms with Gasteiger partial charge in [0, 0.05) is 22.0 Å².